The quantitative estimate of drug-likeness (QED) is 0.329. The minimum absolute atomic E-state index is 0.508. The summed E-state index contributed by atoms with van der Waals surface area (Å²) in [6, 6.07) is 1.89. The molecule has 10 heteroatoms. The van der Waals surface area contributed by atoms with Gasteiger partial charge in [-0.1, -0.05) is 0 Å². The van der Waals surface area contributed by atoms with Gasteiger partial charge in [-0.2, -0.15) is 0 Å². The van der Waals surface area contributed by atoms with E-state index in [2.05, 4.69) is 4.74 Å². The molecule has 1 rings (SSSR count). The summed E-state index contributed by atoms with van der Waals surface area (Å²) in [6.45, 7) is 1.11. The molecule has 7 nitrogen and oxygen atoms in total. The van der Waals surface area contributed by atoms with Gasteiger partial charge in [0.05, 0.1) is 23.3 Å². The molecule has 124 valence electrons. The Morgan fingerprint density at radius 3 is 2.30 bits per heavy atom. The lowest BCUT2D eigenvalue weighted by atomic mass is 10.0. The molecule has 0 saturated heterocycles. The van der Waals surface area contributed by atoms with E-state index in [1.807, 2.05) is 0 Å². The first-order chi connectivity index (χ1) is 10.5. The number of hydrogen-bond donors (Lipinski definition) is 0. The maximum absolute atomic E-state index is 12.2. The van der Waals surface area contributed by atoms with Crippen LogP contribution in [0.25, 0.3) is 0 Å². The lowest BCUT2D eigenvalue weighted by molar-refractivity contribution is -0.385. The first-order valence-electron chi connectivity index (χ1n) is 6.08. The maximum atomic E-state index is 12.2. The summed E-state index contributed by atoms with van der Waals surface area (Å²) >= 11 is 0. The Balaban J connectivity index is 3.12. The molecular weight excluding hydrogens is 323 g/mol. The molecule has 1 aromatic carbocycles. The molecule has 1 aromatic rings. The number of hydrogen-bond acceptors (Lipinski definition) is 6. The number of ether oxygens (including phenoxy) is 1. The molecule has 0 fully saturated rings. The molecule has 0 N–H and O–H groups in total. The van der Waals surface area contributed by atoms with Gasteiger partial charge in [0.25, 0.3) is 5.69 Å². The summed E-state index contributed by atoms with van der Waals surface area (Å²) in [5.41, 5.74) is -1.46. The van der Waals surface area contributed by atoms with Crippen molar-refractivity contribution in [3.05, 3.63) is 33.9 Å². The van der Waals surface area contributed by atoms with Crippen molar-refractivity contribution >= 4 is 23.0 Å². The van der Waals surface area contributed by atoms with Crippen molar-refractivity contribution in [2.24, 2.45) is 0 Å². The maximum Gasteiger partial charge on any atom is 0.573 e. The Bertz CT molecular complexity index is 668. The van der Waals surface area contributed by atoms with Crippen LogP contribution in [-0.4, -0.2) is 28.6 Å². The topological polar surface area (TPSA) is 104 Å². The van der Waals surface area contributed by atoms with E-state index in [0.29, 0.717) is 18.2 Å². The van der Waals surface area contributed by atoms with Crippen LogP contribution >= 0.6 is 0 Å². The Morgan fingerprint density at radius 2 is 1.83 bits per heavy atom. The van der Waals surface area contributed by atoms with E-state index in [9.17, 15) is 37.7 Å². The van der Waals surface area contributed by atoms with Crippen LogP contribution in [0, 0.1) is 10.1 Å². The molecule has 0 heterocycles. The Kier molecular flexibility index (Phi) is 5.55. The van der Waals surface area contributed by atoms with Crippen LogP contribution in [0.5, 0.6) is 5.75 Å². The second-order valence-corrected chi connectivity index (χ2v) is 4.50. The molecule has 0 aliphatic rings. The van der Waals surface area contributed by atoms with Crippen LogP contribution in [0.4, 0.5) is 18.9 Å². The number of nitro groups is 1. The fourth-order valence-electron chi connectivity index (χ4n) is 1.71. The highest BCUT2D eigenvalue weighted by molar-refractivity contribution is 6.13. The average Bonchev–Trinajstić information content (AvgIpc) is 2.34. The number of alkyl halides is 3. The number of benzene rings is 1. The Hall–Kier alpha value is -2.78. The molecule has 0 bridgehead atoms. The van der Waals surface area contributed by atoms with Crippen molar-refractivity contribution in [3.63, 3.8) is 0 Å². The summed E-state index contributed by atoms with van der Waals surface area (Å²) in [5, 5.41) is 10.8. The lowest BCUT2D eigenvalue weighted by Crippen LogP contribution is -2.18. The molecular formula is C13H10F3NO6. The van der Waals surface area contributed by atoms with Crippen LogP contribution in [0.15, 0.2) is 18.2 Å². The number of rotatable bonds is 7. The SMILES string of the molecule is CC(=O)CC(=O)CC(=O)c1cc(OC(F)(F)F)ccc1[N+](=O)[O-]. The fourth-order valence-corrected chi connectivity index (χ4v) is 1.71. The molecule has 0 unspecified atom stereocenters. The Morgan fingerprint density at radius 1 is 1.22 bits per heavy atom. The van der Waals surface area contributed by atoms with E-state index < -0.39 is 58.5 Å². The van der Waals surface area contributed by atoms with Gasteiger partial charge in [-0.3, -0.25) is 24.5 Å². The summed E-state index contributed by atoms with van der Waals surface area (Å²) < 4.78 is 40.0. The van der Waals surface area contributed by atoms with Crippen LogP contribution in [-0.2, 0) is 9.59 Å². The van der Waals surface area contributed by atoms with Crippen molar-refractivity contribution in [2.45, 2.75) is 26.1 Å². The third-order valence-corrected chi connectivity index (χ3v) is 2.50. The molecule has 0 aromatic heterocycles. The van der Waals surface area contributed by atoms with Crippen LogP contribution in [0.1, 0.15) is 30.1 Å². The third kappa shape index (κ3) is 5.85. The van der Waals surface area contributed by atoms with Crippen LogP contribution in [0.2, 0.25) is 0 Å². The van der Waals surface area contributed by atoms with Gasteiger partial charge in [-0.15, -0.1) is 13.2 Å². The van der Waals surface area contributed by atoms with Crippen molar-refractivity contribution in [1.82, 2.24) is 0 Å². The highest BCUT2D eigenvalue weighted by Gasteiger charge is 2.32. The summed E-state index contributed by atoms with van der Waals surface area (Å²) in [7, 11) is 0. The second-order valence-electron chi connectivity index (χ2n) is 4.50. The minimum atomic E-state index is -5.04. The van der Waals surface area contributed by atoms with Gasteiger partial charge in [0.1, 0.15) is 17.3 Å². The first kappa shape index (κ1) is 18.3. The van der Waals surface area contributed by atoms with E-state index in [-0.39, 0.29) is 0 Å². The first-order valence-corrected chi connectivity index (χ1v) is 6.08. The zero-order chi connectivity index (χ0) is 17.8. The normalized spacial score (nSPS) is 11.0. The Labute approximate surface area is 127 Å². The van der Waals surface area contributed by atoms with Gasteiger partial charge >= 0.3 is 6.36 Å². The largest absolute Gasteiger partial charge is 0.573 e. The van der Waals surface area contributed by atoms with E-state index in [4.69, 9.17) is 0 Å². The average molecular weight is 333 g/mol. The molecule has 23 heavy (non-hydrogen) atoms. The molecule has 0 spiro atoms. The van der Waals surface area contributed by atoms with E-state index in [1.165, 1.54) is 0 Å². The summed E-state index contributed by atoms with van der Waals surface area (Å²) in [5.74, 6) is -3.20. The van der Waals surface area contributed by atoms with Gasteiger partial charge < -0.3 is 4.74 Å². The van der Waals surface area contributed by atoms with Crippen molar-refractivity contribution in [3.8, 4) is 5.75 Å². The van der Waals surface area contributed by atoms with E-state index in [0.717, 1.165) is 6.92 Å². The van der Waals surface area contributed by atoms with E-state index in [1.54, 1.807) is 0 Å². The number of Topliss-reactive ketones (excluding diaryl/α,β-unsaturated/α-hetero) is 3. The molecule has 0 aliphatic carbocycles. The van der Waals surface area contributed by atoms with Gasteiger partial charge in [0.2, 0.25) is 0 Å². The summed E-state index contributed by atoms with van der Waals surface area (Å²) in [6.07, 6.45) is -6.42. The van der Waals surface area contributed by atoms with E-state index >= 15 is 0 Å². The van der Waals surface area contributed by atoms with Gasteiger partial charge in [-0.25, -0.2) is 0 Å². The smallest absolute Gasteiger partial charge is 0.406 e. The fraction of sp³-hybridized carbons (Fsp3) is 0.308. The van der Waals surface area contributed by atoms with Crippen LogP contribution < -0.4 is 4.74 Å². The minimum Gasteiger partial charge on any atom is -0.406 e. The van der Waals surface area contributed by atoms with Gasteiger partial charge in [-0.05, 0) is 19.1 Å². The second kappa shape index (κ2) is 6.99. The molecule has 0 amide bonds. The highest BCUT2D eigenvalue weighted by Crippen LogP contribution is 2.29. The van der Waals surface area contributed by atoms with Crippen molar-refractivity contribution < 1.29 is 37.2 Å². The van der Waals surface area contributed by atoms with Gasteiger partial charge in [0, 0.05) is 6.07 Å². The zero-order valence-electron chi connectivity index (χ0n) is 11.7. The number of carbonyl (C=O) groups excluding carboxylic acids is 3. The zero-order valence-corrected chi connectivity index (χ0v) is 11.7. The summed E-state index contributed by atoms with van der Waals surface area (Å²) in [4.78, 5) is 44.0. The number of nitrogens with zero attached hydrogens (tertiary/aromatic N) is 1. The molecule has 0 atom stereocenters. The monoisotopic (exact) mass is 333 g/mol. The third-order valence-electron chi connectivity index (χ3n) is 2.50. The van der Waals surface area contributed by atoms with Crippen molar-refractivity contribution in [2.75, 3.05) is 0 Å². The van der Waals surface area contributed by atoms with Gasteiger partial charge in [0.15, 0.2) is 5.78 Å². The predicted molar refractivity (Wildman–Crippen MR) is 69.0 cm³/mol. The molecule has 0 aliphatic heterocycles. The van der Waals surface area contributed by atoms with Crippen molar-refractivity contribution in [1.29, 1.82) is 0 Å². The standard InChI is InChI=1S/C13H10F3NO6/c1-7(18)4-8(19)5-12(20)10-6-9(23-13(14,15)16)2-3-11(10)17(21)22/h2-3,6H,4-5H2,1H3. The number of halogens is 3. The number of carbonyl (C=O) groups is 3. The predicted octanol–water partition coefficient (Wildman–Crippen LogP) is 2.61. The number of ketones is 3. The lowest BCUT2D eigenvalue weighted by Gasteiger charge is -2.10. The molecule has 0 radical (unpaired) electrons. The molecule has 0 saturated carbocycles. The number of nitro benzene ring substituents is 1. The highest BCUT2D eigenvalue weighted by atomic mass is 19.4. The van der Waals surface area contributed by atoms with Crippen LogP contribution in [0.3, 0.4) is 0 Å².